The molecule has 2 amide bonds. The minimum atomic E-state index is -0.927. The first-order valence-electron chi connectivity index (χ1n) is 10.6. The summed E-state index contributed by atoms with van der Waals surface area (Å²) in [5.74, 6) is 0.135. The number of fused-ring (bicyclic) bond motifs is 4. The zero-order valence-electron chi connectivity index (χ0n) is 17.6. The van der Waals surface area contributed by atoms with Gasteiger partial charge in [-0.3, -0.25) is 14.5 Å². The zero-order valence-corrected chi connectivity index (χ0v) is 17.6. The lowest BCUT2D eigenvalue weighted by atomic mass is 9.77. The first-order chi connectivity index (χ1) is 14.4. The number of hydrogen-bond donors (Lipinski definition) is 2. The Morgan fingerprint density at radius 2 is 2.00 bits per heavy atom. The monoisotopic (exact) mass is 405 g/mol. The van der Waals surface area contributed by atoms with Crippen molar-refractivity contribution in [3.63, 3.8) is 0 Å². The van der Waals surface area contributed by atoms with Gasteiger partial charge in [0, 0.05) is 23.0 Å². The van der Waals surface area contributed by atoms with E-state index in [-0.39, 0.29) is 17.9 Å². The molecule has 2 fully saturated rings. The van der Waals surface area contributed by atoms with Crippen LogP contribution < -0.4 is 15.4 Å². The van der Waals surface area contributed by atoms with E-state index in [4.69, 9.17) is 4.74 Å². The fourth-order valence-electron chi connectivity index (χ4n) is 5.78. The molecule has 3 aliphatic heterocycles. The lowest BCUT2D eigenvalue weighted by Crippen LogP contribution is -2.53. The summed E-state index contributed by atoms with van der Waals surface area (Å²) in [4.78, 5) is 29.4. The third kappa shape index (κ3) is 2.59. The van der Waals surface area contributed by atoms with E-state index in [9.17, 15) is 9.59 Å². The van der Waals surface area contributed by atoms with Gasteiger partial charge in [0.25, 0.3) is 0 Å². The Morgan fingerprint density at radius 1 is 1.23 bits per heavy atom. The molecule has 0 radical (unpaired) electrons. The van der Waals surface area contributed by atoms with Crippen LogP contribution in [-0.4, -0.2) is 36.4 Å². The SMILES string of the molecule is COc1ccc(NC(=O)C2CC3CCCN3C23C(=O)Nc2c(C)cc(C)cc23)cc1. The number of nitrogens with one attached hydrogen (secondary N) is 2. The van der Waals surface area contributed by atoms with Crippen molar-refractivity contribution in [2.24, 2.45) is 5.92 Å². The number of aryl methyl sites for hydroxylation is 2. The van der Waals surface area contributed by atoms with Crippen LogP contribution in [-0.2, 0) is 15.1 Å². The first kappa shape index (κ1) is 19.1. The molecule has 5 rings (SSSR count). The van der Waals surface area contributed by atoms with Gasteiger partial charge in [0.1, 0.15) is 11.3 Å². The highest BCUT2D eigenvalue weighted by molar-refractivity contribution is 6.11. The van der Waals surface area contributed by atoms with Crippen molar-refractivity contribution in [1.82, 2.24) is 4.90 Å². The summed E-state index contributed by atoms with van der Waals surface area (Å²) in [6.45, 7) is 4.91. The molecule has 6 heteroatoms. The minimum absolute atomic E-state index is 0.0644. The second-order valence-corrected chi connectivity index (χ2v) is 8.72. The number of anilines is 2. The molecule has 3 atom stereocenters. The Morgan fingerprint density at radius 3 is 2.73 bits per heavy atom. The molecule has 6 nitrogen and oxygen atoms in total. The van der Waals surface area contributed by atoms with E-state index in [1.165, 1.54) is 0 Å². The molecule has 3 aliphatic rings. The summed E-state index contributed by atoms with van der Waals surface area (Å²) in [6, 6.07) is 11.7. The van der Waals surface area contributed by atoms with Crippen LogP contribution in [0.5, 0.6) is 5.75 Å². The van der Waals surface area contributed by atoms with Gasteiger partial charge in [0.2, 0.25) is 11.8 Å². The standard InChI is InChI=1S/C24H27N3O3/c1-14-11-15(2)21-19(12-14)24(23(29)26-21)20(13-17-5-4-10-27(17)24)22(28)25-16-6-8-18(30-3)9-7-16/h6-9,11-12,17,20H,4-5,10,13H2,1-3H3,(H,25,28)(H,26,29). The number of nitrogens with zero attached hydrogens (tertiary/aromatic N) is 1. The lowest BCUT2D eigenvalue weighted by Gasteiger charge is -2.36. The molecule has 0 aromatic heterocycles. The summed E-state index contributed by atoms with van der Waals surface area (Å²) < 4.78 is 5.20. The second-order valence-electron chi connectivity index (χ2n) is 8.72. The number of carbonyl (C=O) groups is 2. The van der Waals surface area contributed by atoms with E-state index in [1.807, 2.05) is 38.1 Å². The maximum atomic E-state index is 13.6. The third-order valence-electron chi connectivity index (χ3n) is 6.99. The Balaban J connectivity index is 1.57. The molecule has 0 saturated carbocycles. The van der Waals surface area contributed by atoms with Crippen molar-refractivity contribution in [3.05, 3.63) is 53.1 Å². The molecule has 2 aromatic rings. The van der Waals surface area contributed by atoms with Gasteiger partial charge < -0.3 is 15.4 Å². The zero-order chi connectivity index (χ0) is 21.0. The van der Waals surface area contributed by atoms with Crippen molar-refractivity contribution in [2.45, 2.75) is 44.7 Å². The van der Waals surface area contributed by atoms with Gasteiger partial charge in [-0.25, -0.2) is 0 Å². The van der Waals surface area contributed by atoms with Gasteiger partial charge in [0.05, 0.1) is 13.0 Å². The molecule has 156 valence electrons. The fraction of sp³-hybridized carbons (Fsp3) is 0.417. The second kappa shape index (κ2) is 6.84. The Hall–Kier alpha value is -2.86. The Bertz CT molecular complexity index is 1030. The van der Waals surface area contributed by atoms with Gasteiger partial charge in [0.15, 0.2) is 0 Å². The predicted octanol–water partition coefficient (Wildman–Crippen LogP) is 3.58. The highest BCUT2D eigenvalue weighted by atomic mass is 16.5. The van der Waals surface area contributed by atoms with E-state index in [0.717, 1.165) is 47.5 Å². The van der Waals surface area contributed by atoms with Crippen LogP contribution in [0.4, 0.5) is 11.4 Å². The number of benzene rings is 2. The number of ether oxygens (including phenoxy) is 1. The molecule has 0 bridgehead atoms. The average Bonchev–Trinajstić information content (AvgIpc) is 3.38. The molecule has 0 aliphatic carbocycles. The molecule has 30 heavy (non-hydrogen) atoms. The molecular formula is C24H27N3O3. The van der Waals surface area contributed by atoms with Crippen molar-refractivity contribution in [2.75, 3.05) is 24.3 Å². The summed E-state index contributed by atoms with van der Waals surface area (Å²) >= 11 is 0. The highest BCUT2D eigenvalue weighted by Crippen LogP contribution is 2.56. The van der Waals surface area contributed by atoms with E-state index in [2.05, 4.69) is 27.7 Å². The van der Waals surface area contributed by atoms with Crippen molar-refractivity contribution < 1.29 is 14.3 Å². The largest absolute Gasteiger partial charge is 0.497 e. The summed E-state index contributed by atoms with van der Waals surface area (Å²) in [7, 11) is 1.61. The summed E-state index contributed by atoms with van der Waals surface area (Å²) in [5.41, 5.74) is 3.78. The first-order valence-corrected chi connectivity index (χ1v) is 10.6. The van der Waals surface area contributed by atoms with Crippen LogP contribution in [0.15, 0.2) is 36.4 Å². The molecule has 3 heterocycles. The fourth-order valence-corrected chi connectivity index (χ4v) is 5.78. The van der Waals surface area contributed by atoms with Crippen LogP contribution in [0.25, 0.3) is 0 Å². The van der Waals surface area contributed by atoms with E-state index >= 15 is 0 Å². The highest BCUT2D eigenvalue weighted by Gasteiger charge is 2.65. The molecule has 2 aromatic carbocycles. The summed E-state index contributed by atoms with van der Waals surface area (Å²) in [6.07, 6.45) is 2.79. The maximum absolute atomic E-state index is 13.6. The molecule has 2 N–H and O–H groups in total. The van der Waals surface area contributed by atoms with Crippen LogP contribution in [0.1, 0.15) is 36.0 Å². The van der Waals surface area contributed by atoms with Crippen LogP contribution in [0, 0.1) is 19.8 Å². The average molecular weight is 405 g/mol. The number of methoxy groups -OCH3 is 1. The molecule has 3 unspecified atom stereocenters. The van der Waals surface area contributed by atoms with Gasteiger partial charge in [-0.1, -0.05) is 17.7 Å². The van der Waals surface area contributed by atoms with Crippen molar-refractivity contribution in [1.29, 1.82) is 0 Å². The van der Waals surface area contributed by atoms with Crippen LogP contribution >= 0.6 is 0 Å². The van der Waals surface area contributed by atoms with E-state index < -0.39 is 11.5 Å². The maximum Gasteiger partial charge on any atom is 0.250 e. The smallest absolute Gasteiger partial charge is 0.250 e. The predicted molar refractivity (Wildman–Crippen MR) is 116 cm³/mol. The number of rotatable bonds is 3. The van der Waals surface area contributed by atoms with Gasteiger partial charge in [-0.15, -0.1) is 0 Å². The minimum Gasteiger partial charge on any atom is -0.497 e. The van der Waals surface area contributed by atoms with E-state index in [0.29, 0.717) is 12.1 Å². The normalized spacial score (nSPS) is 27.1. The lowest BCUT2D eigenvalue weighted by molar-refractivity contribution is -0.135. The number of carbonyl (C=O) groups excluding carboxylic acids is 2. The van der Waals surface area contributed by atoms with Crippen molar-refractivity contribution in [3.8, 4) is 5.75 Å². The number of amides is 2. The van der Waals surface area contributed by atoms with Crippen molar-refractivity contribution >= 4 is 23.2 Å². The topological polar surface area (TPSA) is 70.7 Å². The third-order valence-corrected chi connectivity index (χ3v) is 6.99. The molecule has 2 saturated heterocycles. The summed E-state index contributed by atoms with van der Waals surface area (Å²) in [5, 5.41) is 6.18. The molecule has 1 spiro atoms. The molecular weight excluding hydrogens is 378 g/mol. The van der Waals surface area contributed by atoms with Gasteiger partial charge in [-0.2, -0.15) is 0 Å². The number of hydrogen-bond acceptors (Lipinski definition) is 4. The van der Waals surface area contributed by atoms with Crippen LogP contribution in [0.3, 0.4) is 0 Å². The quantitative estimate of drug-likeness (QED) is 0.819. The van der Waals surface area contributed by atoms with Gasteiger partial charge >= 0.3 is 0 Å². The van der Waals surface area contributed by atoms with E-state index in [1.54, 1.807) is 7.11 Å². The van der Waals surface area contributed by atoms with Gasteiger partial charge in [-0.05, 0) is 69.5 Å². The Labute approximate surface area is 176 Å². The van der Waals surface area contributed by atoms with Crippen LogP contribution in [0.2, 0.25) is 0 Å². The Kier molecular flexibility index (Phi) is 4.36.